The lowest BCUT2D eigenvalue weighted by Crippen LogP contribution is -2.39. The van der Waals surface area contributed by atoms with Crippen LogP contribution in [-0.2, 0) is 10.0 Å². The van der Waals surface area contributed by atoms with Gasteiger partial charge in [-0.1, -0.05) is 26.0 Å². The Balaban J connectivity index is 0.00000220. The molecule has 0 spiro atoms. The maximum Gasteiger partial charge on any atom is 0.243 e. The molecule has 0 aliphatic carbocycles. The van der Waals surface area contributed by atoms with E-state index in [4.69, 9.17) is 5.73 Å². The maximum atomic E-state index is 12.6. The van der Waals surface area contributed by atoms with E-state index in [2.05, 4.69) is 13.8 Å². The quantitative estimate of drug-likeness (QED) is 0.921. The van der Waals surface area contributed by atoms with Crippen molar-refractivity contribution < 1.29 is 8.42 Å². The van der Waals surface area contributed by atoms with Crippen LogP contribution in [-0.4, -0.2) is 32.4 Å². The third-order valence-corrected chi connectivity index (χ3v) is 6.00. The summed E-state index contributed by atoms with van der Waals surface area (Å²) in [4.78, 5) is 0.396. The molecule has 0 radical (unpaired) electrons. The first kappa shape index (κ1) is 18.4. The lowest BCUT2D eigenvalue weighted by atomic mass is 9.99. The standard InChI is InChI=1S/C15H24N2O2S.ClH/c1-12(2)14-3-5-15(6-4-14)20(18,19)17-9-7-13(11-16)8-10-17;/h3-6,12-13H,7-11,16H2,1-2H3;1H. The Hall–Kier alpha value is -0.620. The molecule has 1 heterocycles. The van der Waals surface area contributed by atoms with Crippen molar-refractivity contribution in [1.29, 1.82) is 0 Å². The number of benzene rings is 1. The largest absolute Gasteiger partial charge is 0.330 e. The van der Waals surface area contributed by atoms with Gasteiger partial charge in [0, 0.05) is 13.1 Å². The van der Waals surface area contributed by atoms with E-state index in [9.17, 15) is 8.42 Å². The molecule has 2 N–H and O–H groups in total. The Morgan fingerprint density at radius 3 is 2.14 bits per heavy atom. The second-order valence-corrected chi connectivity index (χ2v) is 7.74. The molecule has 120 valence electrons. The zero-order valence-electron chi connectivity index (χ0n) is 12.7. The van der Waals surface area contributed by atoms with Crippen LogP contribution in [0.25, 0.3) is 0 Å². The maximum absolute atomic E-state index is 12.6. The van der Waals surface area contributed by atoms with Gasteiger partial charge in [0.2, 0.25) is 10.0 Å². The van der Waals surface area contributed by atoms with Crippen LogP contribution in [0.1, 0.15) is 38.2 Å². The highest BCUT2D eigenvalue weighted by Gasteiger charge is 2.28. The topological polar surface area (TPSA) is 63.4 Å². The first-order valence-electron chi connectivity index (χ1n) is 7.25. The molecule has 0 atom stereocenters. The number of sulfonamides is 1. The Morgan fingerprint density at radius 1 is 1.19 bits per heavy atom. The highest BCUT2D eigenvalue weighted by molar-refractivity contribution is 7.89. The van der Waals surface area contributed by atoms with Crippen LogP contribution in [0.4, 0.5) is 0 Å². The number of hydrogen-bond donors (Lipinski definition) is 1. The molecule has 1 saturated heterocycles. The predicted molar refractivity (Wildman–Crippen MR) is 88.3 cm³/mol. The van der Waals surface area contributed by atoms with Gasteiger partial charge in [0.25, 0.3) is 0 Å². The van der Waals surface area contributed by atoms with Crippen LogP contribution >= 0.6 is 12.4 Å². The summed E-state index contributed by atoms with van der Waals surface area (Å²) in [5, 5.41) is 0. The molecule has 0 unspecified atom stereocenters. The first-order chi connectivity index (χ1) is 9.45. The van der Waals surface area contributed by atoms with Crippen molar-refractivity contribution >= 4 is 22.4 Å². The first-order valence-corrected chi connectivity index (χ1v) is 8.69. The number of halogens is 1. The van der Waals surface area contributed by atoms with E-state index in [1.165, 1.54) is 0 Å². The smallest absolute Gasteiger partial charge is 0.243 e. The summed E-state index contributed by atoms with van der Waals surface area (Å²) >= 11 is 0. The van der Waals surface area contributed by atoms with Gasteiger partial charge in [-0.15, -0.1) is 12.4 Å². The summed E-state index contributed by atoms with van der Waals surface area (Å²) in [6, 6.07) is 7.26. The van der Waals surface area contributed by atoms with E-state index in [0.29, 0.717) is 36.4 Å². The van der Waals surface area contributed by atoms with Crippen LogP contribution in [0.2, 0.25) is 0 Å². The fourth-order valence-electron chi connectivity index (χ4n) is 2.56. The predicted octanol–water partition coefficient (Wildman–Crippen LogP) is 2.59. The minimum Gasteiger partial charge on any atom is -0.330 e. The zero-order chi connectivity index (χ0) is 14.8. The lowest BCUT2D eigenvalue weighted by Gasteiger charge is -2.30. The van der Waals surface area contributed by atoms with E-state index < -0.39 is 10.0 Å². The van der Waals surface area contributed by atoms with Crippen molar-refractivity contribution in [2.24, 2.45) is 11.7 Å². The average molecular weight is 333 g/mol. The Bertz CT molecular complexity index is 535. The van der Waals surface area contributed by atoms with Crippen LogP contribution in [0, 0.1) is 5.92 Å². The summed E-state index contributed by atoms with van der Waals surface area (Å²) in [6.07, 6.45) is 1.72. The van der Waals surface area contributed by atoms with Gasteiger partial charge in [0.1, 0.15) is 0 Å². The second kappa shape index (κ2) is 7.58. The zero-order valence-corrected chi connectivity index (χ0v) is 14.3. The SMILES string of the molecule is CC(C)c1ccc(S(=O)(=O)N2CCC(CN)CC2)cc1.Cl. The van der Waals surface area contributed by atoms with E-state index >= 15 is 0 Å². The number of nitrogens with zero attached hydrogens (tertiary/aromatic N) is 1. The van der Waals surface area contributed by atoms with Crippen molar-refractivity contribution in [2.45, 2.75) is 37.5 Å². The van der Waals surface area contributed by atoms with E-state index in [1.54, 1.807) is 16.4 Å². The van der Waals surface area contributed by atoms with Gasteiger partial charge in [-0.05, 0) is 48.9 Å². The third kappa shape index (κ3) is 4.19. The highest BCUT2D eigenvalue weighted by Crippen LogP contribution is 2.24. The molecular formula is C15H25ClN2O2S. The number of hydrogen-bond acceptors (Lipinski definition) is 3. The van der Waals surface area contributed by atoms with Crippen LogP contribution < -0.4 is 5.73 Å². The van der Waals surface area contributed by atoms with Gasteiger partial charge in [-0.25, -0.2) is 8.42 Å². The molecule has 0 bridgehead atoms. The third-order valence-electron chi connectivity index (χ3n) is 4.09. The molecule has 1 aliphatic rings. The van der Waals surface area contributed by atoms with Crippen molar-refractivity contribution in [3.63, 3.8) is 0 Å². The van der Waals surface area contributed by atoms with E-state index in [0.717, 1.165) is 18.4 Å². The molecule has 1 aromatic rings. The summed E-state index contributed by atoms with van der Waals surface area (Å²) in [5.41, 5.74) is 6.80. The molecule has 0 saturated carbocycles. The van der Waals surface area contributed by atoms with Gasteiger partial charge in [-0.2, -0.15) is 4.31 Å². The van der Waals surface area contributed by atoms with Crippen LogP contribution in [0.3, 0.4) is 0 Å². The fourth-order valence-corrected chi connectivity index (χ4v) is 4.03. The normalized spacial score (nSPS) is 17.7. The van der Waals surface area contributed by atoms with Crippen molar-refractivity contribution in [3.05, 3.63) is 29.8 Å². The molecule has 0 aromatic heterocycles. The molecule has 2 rings (SSSR count). The molecule has 1 aliphatic heterocycles. The van der Waals surface area contributed by atoms with Gasteiger partial charge >= 0.3 is 0 Å². The summed E-state index contributed by atoms with van der Waals surface area (Å²) in [6.45, 7) is 6.01. The van der Waals surface area contributed by atoms with Crippen molar-refractivity contribution in [3.8, 4) is 0 Å². The van der Waals surface area contributed by atoms with Gasteiger partial charge in [-0.3, -0.25) is 0 Å². The van der Waals surface area contributed by atoms with Crippen molar-refractivity contribution in [1.82, 2.24) is 4.31 Å². The Labute approximate surface area is 134 Å². The summed E-state index contributed by atoms with van der Waals surface area (Å²) in [7, 11) is -3.34. The second-order valence-electron chi connectivity index (χ2n) is 5.81. The van der Waals surface area contributed by atoms with Gasteiger partial charge < -0.3 is 5.73 Å². The van der Waals surface area contributed by atoms with E-state index in [-0.39, 0.29) is 12.4 Å². The number of piperidine rings is 1. The number of rotatable bonds is 4. The molecule has 1 fully saturated rings. The van der Waals surface area contributed by atoms with Crippen LogP contribution in [0.15, 0.2) is 29.2 Å². The average Bonchev–Trinajstić information content (AvgIpc) is 2.47. The summed E-state index contributed by atoms with van der Waals surface area (Å²) < 4.78 is 26.7. The lowest BCUT2D eigenvalue weighted by molar-refractivity contribution is 0.278. The molecular weight excluding hydrogens is 308 g/mol. The Kier molecular flexibility index (Phi) is 6.66. The fraction of sp³-hybridized carbons (Fsp3) is 0.600. The molecule has 4 nitrogen and oxygen atoms in total. The van der Waals surface area contributed by atoms with Gasteiger partial charge in [0.05, 0.1) is 4.90 Å². The van der Waals surface area contributed by atoms with Crippen molar-refractivity contribution in [2.75, 3.05) is 19.6 Å². The molecule has 0 amide bonds. The highest BCUT2D eigenvalue weighted by atomic mass is 35.5. The Morgan fingerprint density at radius 2 is 1.71 bits per heavy atom. The van der Waals surface area contributed by atoms with Gasteiger partial charge in [0.15, 0.2) is 0 Å². The monoisotopic (exact) mass is 332 g/mol. The van der Waals surface area contributed by atoms with E-state index in [1.807, 2.05) is 12.1 Å². The molecule has 1 aromatic carbocycles. The molecule has 6 heteroatoms. The van der Waals surface area contributed by atoms with Crippen LogP contribution in [0.5, 0.6) is 0 Å². The molecule has 21 heavy (non-hydrogen) atoms. The minimum atomic E-state index is -3.34. The summed E-state index contributed by atoms with van der Waals surface area (Å²) in [5.74, 6) is 0.872. The number of nitrogens with two attached hydrogens (primary N) is 1. The minimum absolute atomic E-state index is 0.